The minimum absolute atomic E-state index is 0.357. The van der Waals surface area contributed by atoms with Gasteiger partial charge in [0.25, 0.3) is 0 Å². The van der Waals surface area contributed by atoms with Crippen molar-refractivity contribution in [3.05, 3.63) is 42.4 Å². The maximum Gasteiger partial charge on any atom is 0.227 e. The molecule has 0 spiro atoms. The van der Waals surface area contributed by atoms with Crippen molar-refractivity contribution in [2.75, 3.05) is 30.4 Å². The number of aryl methyl sites for hydroxylation is 2. The van der Waals surface area contributed by atoms with Crippen molar-refractivity contribution in [1.82, 2.24) is 29.9 Å². The van der Waals surface area contributed by atoms with Crippen molar-refractivity contribution >= 4 is 28.4 Å². The molecule has 10 nitrogen and oxygen atoms in total. The van der Waals surface area contributed by atoms with E-state index in [1.165, 1.54) is 0 Å². The average molecular weight is 441 g/mol. The van der Waals surface area contributed by atoms with Crippen LogP contribution in [0.1, 0.15) is 12.6 Å². The Hall–Kier alpha value is -4.26. The van der Waals surface area contributed by atoms with E-state index < -0.39 is 0 Å². The van der Waals surface area contributed by atoms with E-state index in [4.69, 9.17) is 14.7 Å². The molecule has 10 heteroatoms. The number of aromatic nitrogens is 6. The van der Waals surface area contributed by atoms with Crippen LogP contribution in [-0.2, 0) is 7.05 Å². The number of rotatable bonds is 5. The van der Waals surface area contributed by atoms with Gasteiger partial charge in [-0.1, -0.05) is 11.3 Å². The Morgan fingerprint density at radius 1 is 1.18 bits per heavy atom. The van der Waals surface area contributed by atoms with Gasteiger partial charge in [0.1, 0.15) is 11.3 Å². The number of benzene rings is 1. The normalized spacial score (nSPS) is 14.6. The summed E-state index contributed by atoms with van der Waals surface area (Å²) in [5, 5.41) is 21.5. The molecule has 4 aromatic rings. The van der Waals surface area contributed by atoms with E-state index in [0.717, 1.165) is 39.4 Å². The van der Waals surface area contributed by atoms with Crippen molar-refractivity contribution in [3.8, 4) is 23.1 Å². The standard InChI is InChI=1S/C23H23N9O/c1-14-7-16-9-25-22(29-20(16)21(27-14)32-12-23(2,11-24)13-32)28-17-6-5-15(8-19(17)33-4)18-10-26-30-31(18)3/h5-10H,12-13H2,1-4H3,(H,25,28,29). The van der Waals surface area contributed by atoms with Crippen molar-refractivity contribution < 1.29 is 4.74 Å². The largest absolute Gasteiger partial charge is 0.495 e. The van der Waals surface area contributed by atoms with Gasteiger partial charge in [0.15, 0.2) is 5.82 Å². The van der Waals surface area contributed by atoms with Crippen LogP contribution in [0.3, 0.4) is 0 Å². The van der Waals surface area contributed by atoms with E-state index in [0.29, 0.717) is 24.8 Å². The van der Waals surface area contributed by atoms with Crippen molar-refractivity contribution in [1.29, 1.82) is 5.26 Å². The second-order valence-corrected chi connectivity index (χ2v) is 8.53. The third kappa shape index (κ3) is 3.67. The van der Waals surface area contributed by atoms with E-state index in [9.17, 15) is 5.26 Å². The summed E-state index contributed by atoms with van der Waals surface area (Å²) in [6.07, 6.45) is 3.49. The lowest BCUT2D eigenvalue weighted by atomic mass is 9.83. The van der Waals surface area contributed by atoms with Crippen molar-refractivity contribution in [3.63, 3.8) is 0 Å². The second kappa shape index (κ2) is 7.70. The van der Waals surface area contributed by atoms with Gasteiger partial charge in [0.2, 0.25) is 5.95 Å². The molecule has 1 aromatic carbocycles. The Kier molecular flexibility index (Phi) is 4.82. The first-order chi connectivity index (χ1) is 15.9. The molecule has 1 saturated heterocycles. The molecule has 4 heterocycles. The molecule has 0 unspecified atom stereocenters. The van der Waals surface area contributed by atoms with Crippen LogP contribution >= 0.6 is 0 Å². The first-order valence-corrected chi connectivity index (χ1v) is 10.5. The number of hydrogen-bond acceptors (Lipinski definition) is 9. The molecule has 5 rings (SSSR count). The van der Waals surface area contributed by atoms with Gasteiger partial charge in [0, 0.05) is 43.0 Å². The van der Waals surface area contributed by atoms with Crippen LogP contribution < -0.4 is 15.0 Å². The number of ether oxygens (including phenoxy) is 1. The number of pyridine rings is 1. The highest BCUT2D eigenvalue weighted by Crippen LogP contribution is 2.36. The van der Waals surface area contributed by atoms with Crippen molar-refractivity contribution in [2.24, 2.45) is 12.5 Å². The maximum absolute atomic E-state index is 9.38. The van der Waals surface area contributed by atoms with Gasteiger partial charge in [-0.3, -0.25) is 0 Å². The first kappa shape index (κ1) is 20.6. The van der Waals surface area contributed by atoms with Crippen molar-refractivity contribution in [2.45, 2.75) is 13.8 Å². The molecular weight excluding hydrogens is 418 g/mol. The van der Waals surface area contributed by atoms with E-state index in [1.54, 1.807) is 24.2 Å². The number of hydrogen-bond donors (Lipinski definition) is 1. The van der Waals surface area contributed by atoms with E-state index >= 15 is 0 Å². The van der Waals surface area contributed by atoms with Crippen LogP contribution in [0.25, 0.3) is 22.2 Å². The van der Waals surface area contributed by atoms with Gasteiger partial charge < -0.3 is 15.0 Å². The average Bonchev–Trinajstić information content (AvgIpc) is 3.22. The topological polar surface area (TPSA) is 118 Å². The molecule has 1 aliphatic rings. The van der Waals surface area contributed by atoms with Gasteiger partial charge >= 0.3 is 0 Å². The predicted molar refractivity (Wildman–Crippen MR) is 124 cm³/mol. The van der Waals surface area contributed by atoms with Gasteiger partial charge in [-0.05, 0) is 32.0 Å². The Balaban J connectivity index is 1.49. The molecule has 3 aromatic heterocycles. The fraction of sp³-hybridized carbons (Fsp3) is 0.304. The lowest BCUT2D eigenvalue weighted by Gasteiger charge is -2.44. The quantitative estimate of drug-likeness (QED) is 0.498. The molecule has 0 saturated carbocycles. The number of nitrogens with one attached hydrogen (secondary N) is 1. The molecule has 0 aliphatic carbocycles. The van der Waals surface area contributed by atoms with E-state index in [-0.39, 0.29) is 5.41 Å². The van der Waals surface area contributed by atoms with Gasteiger partial charge in [-0.2, -0.15) is 5.26 Å². The Labute approximate surface area is 190 Å². The molecule has 166 valence electrons. The first-order valence-electron chi connectivity index (χ1n) is 10.5. The van der Waals surface area contributed by atoms with E-state index in [2.05, 4.69) is 31.6 Å². The Bertz CT molecular complexity index is 1400. The number of nitrogens with zero attached hydrogens (tertiary/aromatic N) is 8. The highest BCUT2D eigenvalue weighted by Gasteiger charge is 2.40. The summed E-state index contributed by atoms with van der Waals surface area (Å²) in [6.45, 7) is 5.16. The molecular formula is C23H23N9O. The minimum Gasteiger partial charge on any atom is -0.495 e. The molecule has 0 atom stereocenters. The van der Waals surface area contributed by atoms with Gasteiger partial charge in [-0.15, -0.1) is 5.10 Å². The van der Waals surface area contributed by atoms with Gasteiger partial charge in [-0.25, -0.2) is 19.6 Å². The van der Waals surface area contributed by atoms with Crippen LogP contribution in [-0.4, -0.2) is 50.1 Å². The molecule has 0 radical (unpaired) electrons. The zero-order chi connectivity index (χ0) is 23.2. The smallest absolute Gasteiger partial charge is 0.227 e. The zero-order valence-corrected chi connectivity index (χ0v) is 18.9. The number of anilines is 3. The molecule has 1 fully saturated rings. The number of methoxy groups -OCH3 is 1. The van der Waals surface area contributed by atoms with Crippen LogP contribution in [0.4, 0.5) is 17.5 Å². The van der Waals surface area contributed by atoms with E-state index in [1.807, 2.05) is 45.2 Å². The molecule has 1 N–H and O–H groups in total. The summed E-state index contributed by atoms with van der Waals surface area (Å²) in [4.78, 5) is 16.1. The third-order valence-corrected chi connectivity index (χ3v) is 5.78. The maximum atomic E-state index is 9.38. The SMILES string of the molecule is COc1cc(-c2cnnn2C)ccc1Nc1ncc2cc(C)nc(N3CC(C)(C#N)C3)c2n1. The summed E-state index contributed by atoms with van der Waals surface area (Å²) in [5.41, 5.74) is 3.82. The molecule has 1 aliphatic heterocycles. The van der Waals surface area contributed by atoms with Crippen LogP contribution in [0.2, 0.25) is 0 Å². The fourth-order valence-electron chi connectivity index (χ4n) is 4.08. The third-order valence-electron chi connectivity index (χ3n) is 5.78. The summed E-state index contributed by atoms with van der Waals surface area (Å²) in [6, 6.07) is 10.1. The number of fused-ring (bicyclic) bond motifs is 1. The minimum atomic E-state index is -0.357. The van der Waals surface area contributed by atoms with Crippen LogP contribution in [0, 0.1) is 23.7 Å². The summed E-state index contributed by atoms with van der Waals surface area (Å²) in [5.74, 6) is 1.85. The molecule has 0 bridgehead atoms. The Morgan fingerprint density at radius 2 is 2.00 bits per heavy atom. The lowest BCUT2D eigenvalue weighted by molar-refractivity contribution is 0.335. The second-order valence-electron chi connectivity index (χ2n) is 8.53. The van der Waals surface area contributed by atoms with Gasteiger partial charge in [0.05, 0.1) is 36.2 Å². The summed E-state index contributed by atoms with van der Waals surface area (Å²) in [7, 11) is 3.46. The fourth-order valence-corrected chi connectivity index (χ4v) is 4.08. The summed E-state index contributed by atoms with van der Waals surface area (Å²) < 4.78 is 7.31. The monoisotopic (exact) mass is 441 g/mol. The van der Waals surface area contributed by atoms with Crippen LogP contribution in [0.5, 0.6) is 5.75 Å². The highest BCUT2D eigenvalue weighted by molar-refractivity contribution is 5.90. The number of nitriles is 1. The predicted octanol–water partition coefficient (Wildman–Crippen LogP) is 3.23. The highest BCUT2D eigenvalue weighted by atomic mass is 16.5. The zero-order valence-electron chi connectivity index (χ0n) is 18.9. The Morgan fingerprint density at radius 3 is 2.70 bits per heavy atom. The molecule has 0 amide bonds. The molecule has 33 heavy (non-hydrogen) atoms. The summed E-state index contributed by atoms with van der Waals surface area (Å²) >= 11 is 0. The lowest BCUT2D eigenvalue weighted by Crippen LogP contribution is -2.54. The van der Waals surface area contributed by atoms with Crippen LogP contribution in [0.15, 0.2) is 36.7 Å².